The van der Waals surface area contributed by atoms with E-state index in [0.29, 0.717) is 12.0 Å². The zero-order valence-corrected chi connectivity index (χ0v) is 19.4. The van der Waals surface area contributed by atoms with Gasteiger partial charge < -0.3 is 42.1 Å². The number of phenolic OH excluding ortho intramolecular Hbond substituents is 1. The van der Waals surface area contributed by atoms with E-state index in [0.717, 1.165) is 0 Å². The number of nitrogens with one attached hydrogen (secondary N) is 3. The summed E-state index contributed by atoms with van der Waals surface area (Å²) in [7, 11) is 0. The van der Waals surface area contributed by atoms with Crippen molar-refractivity contribution in [3.05, 3.63) is 29.8 Å². The summed E-state index contributed by atoms with van der Waals surface area (Å²) < 4.78 is 0. The van der Waals surface area contributed by atoms with Crippen LogP contribution in [0.15, 0.2) is 24.3 Å². The van der Waals surface area contributed by atoms with Crippen molar-refractivity contribution in [3.8, 4) is 5.75 Å². The van der Waals surface area contributed by atoms with Crippen molar-refractivity contribution in [2.45, 2.75) is 63.9 Å². The van der Waals surface area contributed by atoms with E-state index >= 15 is 0 Å². The quantitative estimate of drug-likeness (QED) is 0.159. The lowest BCUT2D eigenvalue weighted by atomic mass is 9.98. The first-order valence-electron chi connectivity index (χ1n) is 10.9. The summed E-state index contributed by atoms with van der Waals surface area (Å²) in [6.07, 6.45) is -0.983. The summed E-state index contributed by atoms with van der Waals surface area (Å²) in [5.41, 5.74) is 6.07. The molecular weight excluding hydrogens is 448 g/mol. The van der Waals surface area contributed by atoms with Crippen LogP contribution in [0.25, 0.3) is 0 Å². The van der Waals surface area contributed by atoms with E-state index in [1.165, 1.54) is 31.2 Å². The largest absolute Gasteiger partial charge is 0.508 e. The topological polar surface area (TPSA) is 211 Å². The van der Waals surface area contributed by atoms with Gasteiger partial charge >= 0.3 is 5.97 Å². The molecule has 1 rings (SSSR count). The lowest BCUT2D eigenvalue weighted by Gasteiger charge is -2.27. The molecule has 0 radical (unpaired) electrons. The molecule has 0 fully saturated rings. The van der Waals surface area contributed by atoms with Gasteiger partial charge in [0, 0.05) is 6.42 Å². The van der Waals surface area contributed by atoms with E-state index < -0.39 is 66.5 Å². The highest BCUT2D eigenvalue weighted by molar-refractivity contribution is 5.94. The molecule has 6 unspecified atom stereocenters. The lowest BCUT2D eigenvalue weighted by molar-refractivity contribution is -0.144. The first kappa shape index (κ1) is 28.8. The van der Waals surface area contributed by atoms with Gasteiger partial charge in [0.25, 0.3) is 0 Å². The van der Waals surface area contributed by atoms with Gasteiger partial charge in [0.2, 0.25) is 17.7 Å². The van der Waals surface area contributed by atoms with E-state index in [1.54, 1.807) is 13.8 Å². The number of hydrogen-bond donors (Lipinski definition) is 8. The number of amides is 3. The van der Waals surface area contributed by atoms with Crippen LogP contribution in [-0.2, 0) is 25.6 Å². The third-order valence-electron chi connectivity index (χ3n) is 5.38. The molecule has 3 amide bonds. The van der Waals surface area contributed by atoms with Crippen LogP contribution >= 0.6 is 0 Å². The molecule has 9 N–H and O–H groups in total. The third kappa shape index (κ3) is 8.61. The van der Waals surface area contributed by atoms with Crippen LogP contribution in [0.1, 0.15) is 32.8 Å². The Labute approximate surface area is 197 Å². The fourth-order valence-electron chi connectivity index (χ4n) is 3.02. The summed E-state index contributed by atoms with van der Waals surface area (Å²) in [5, 5.41) is 45.2. The Morgan fingerprint density at radius 2 is 1.50 bits per heavy atom. The van der Waals surface area contributed by atoms with Gasteiger partial charge in [-0.2, -0.15) is 0 Å². The number of carbonyl (C=O) groups excluding carboxylic acids is 3. The molecule has 0 heterocycles. The van der Waals surface area contributed by atoms with Gasteiger partial charge in [-0.05, 0) is 30.5 Å². The summed E-state index contributed by atoms with van der Waals surface area (Å²) in [5.74, 6) is -4.23. The molecule has 0 aliphatic rings. The maximum absolute atomic E-state index is 13.0. The van der Waals surface area contributed by atoms with Crippen LogP contribution in [0.4, 0.5) is 0 Å². The molecule has 1 aromatic rings. The smallest absolute Gasteiger partial charge is 0.326 e. The molecule has 0 bridgehead atoms. The Morgan fingerprint density at radius 1 is 0.941 bits per heavy atom. The number of hydrogen-bond acceptors (Lipinski definition) is 8. The second-order valence-electron chi connectivity index (χ2n) is 8.16. The van der Waals surface area contributed by atoms with Crippen molar-refractivity contribution in [1.29, 1.82) is 0 Å². The molecule has 12 heteroatoms. The van der Waals surface area contributed by atoms with E-state index in [4.69, 9.17) is 10.8 Å². The highest BCUT2D eigenvalue weighted by atomic mass is 16.4. The van der Waals surface area contributed by atoms with Crippen LogP contribution in [0.5, 0.6) is 5.75 Å². The summed E-state index contributed by atoms with van der Waals surface area (Å²) in [4.78, 5) is 49.5. The van der Waals surface area contributed by atoms with Crippen LogP contribution in [0.2, 0.25) is 0 Å². The number of nitrogens with two attached hydrogens (primary N) is 1. The first-order valence-corrected chi connectivity index (χ1v) is 10.9. The van der Waals surface area contributed by atoms with Crippen molar-refractivity contribution in [1.82, 2.24) is 16.0 Å². The van der Waals surface area contributed by atoms with Gasteiger partial charge in [0.05, 0.1) is 12.7 Å². The molecule has 0 aliphatic carbocycles. The number of aliphatic hydroxyl groups excluding tert-OH is 2. The summed E-state index contributed by atoms with van der Waals surface area (Å²) in [6, 6.07) is 0.532. The zero-order chi connectivity index (χ0) is 26.0. The van der Waals surface area contributed by atoms with Crippen molar-refractivity contribution >= 4 is 23.7 Å². The van der Waals surface area contributed by atoms with E-state index in [1.807, 2.05) is 0 Å². The number of phenols is 1. The highest BCUT2D eigenvalue weighted by Gasteiger charge is 2.34. The SMILES string of the molecule is CCC(C)C(NC(=O)C(NC(=O)C(Cc1ccc(O)cc1)NC(=O)C(N)CO)C(C)O)C(=O)O. The number of rotatable bonds is 13. The van der Waals surface area contributed by atoms with Gasteiger partial charge in [-0.1, -0.05) is 32.4 Å². The maximum Gasteiger partial charge on any atom is 0.326 e. The number of carboxylic acid groups (broad SMARTS) is 1. The minimum atomic E-state index is -1.51. The fraction of sp³-hybridized carbons (Fsp3) is 0.545. The van der Waals surface area contributed by atoms with Gasteiger partial charge in [0.15, 0.2) is 0 Å². The van der Waals surface area contributed by atoms with Crippen LogP contribution in [0, 0.1) is 5.92 Å². The Balaban J connectivity index is 3.09. The Hall–Kier alpha value is -3.22. The first-order chi connectivity index (χ1) is 15.9. The number of carboxylic acids is 1. The molecular formula is C22H34N4O8. The van der Waals surface area contributed by atoms with E-state index in [-0.39, 0.29) is 12.2 Å². The zero-order valence-electron chi connectivity index (χ0n) is 19.4. The molecule has 34 heavy (non-hydrogen) atoms. The van der Waals surface area contributed by atoms with Crippen LogP contribution in [-0.4, -0.2) is 81.0 Å². The van der Waals surface area contributed by atoms with Crippen molar-refractivity contribution in [3.63, 3.8) is 0 Å². The Kier molecular flexibility index (Phi) is 11.4. The van der Waals surface area contributed by atoms with Crippen molar-refractivity contribution < 1.29 is 39.6 Å². The van der Waals surface area contributed by atoms with Crippen molar-refractivity contribution in [2.75, 3.05) is 6.61 Å². The summed E-state index contributed by atoms with van der Waals surface area (Å²) in [6.45, 7) is 3.99. The summed E-state index contributed by atoms with van der Waals surface area (Å²) >= 11 is 0. The van der Waals surface area contributed by atoms with E-state index in [9.17, 15) is 34.5 Å². The molecule has 1 aromatic carbocycles. The molecule has 0 saturated heterocycles. The second kappa shape index (κ2) is 13.5. The number of aliphatic hydroxyl groups is 2. The molecule has 0 saturated carbocycles. The molecule has 0 spiro atoms. The third-order valence-corrected chi connectivity index (χ3v) is 5.38. The van der Waals surface area contributed by atoms with Gasteiger partial charge in [-0.15, -0.1) is 0 Å². The number of benzene rings is 1. The standard InChI is InChI=1S/C22H34N4O8/c1-4-11(2)17(22(33)34)25-21(32)18(12(3)28)26-20(31)16(24-19(30)15(23)10-27)9-13-5-7-14(29)8-6-13/h5-8,11-12,15-18,27-29H,4,9-10,23H2,1-3H3,(H,24,30)(H,25,32)(H,26,31)(H,33,34). The van der Waals surface area contributed by atoms with Crippen molar-refractivity contribution in [2.24, 2.45) is 11.7 Å². The minimum Gasteiger partial charge on any atom is -0.508 e. The predicted molar refractivity (Wildman–Crippen MR) is 121 cm³/mol. The van der Waals surface area contributed by atoms with Crippen LogP contribution in [0.3, 0.4) is 0 Å². The molecule has 0 aromatic heterocycles. The maximum atomic E-state index is 13.0. The van der Waals surface area contributed by atoms with E-state index in [2.05, 4.69) is 16.0 Å². The Bertz CT molecular complexity index is 846. The Morgan fingerprint density at radius 3 is 1.97 bits per heavy atom. The minimum absolute atomic E-state index is 0.00350. The van der Waals surface area contributed by atoms with Crippen LogP contribution < -0.4 is 21.7 Å². The highest BCUT2D eigenvalue weighted by Crippen LogP contribution is 2.12. The molecule has 12 nitrogen and oxygen atoms in total. The fourth-order valence-corrected chi connectivity index (χ4v) is 3.02. The predicted octanol–water partition coefficient (Wildman–Crippen LogP) is -1.78. The lowest BCUT2D eigenvalue weighted by Crippen LogP contribution is -2.60. The monoisotopic (exact) mass is 482 g/mol. The normalized spacial score (nSPS) is 16.3. The number of carbonyl (C=O) groups is 4. The average Bonchev–Trinajstić information content (AvgIpc) is 2.79. The van der Waals surface area contributed by atoms with Gasteiger partial charge in [-0.25, -0.2) is 4.79 Å². The van der Waals surface area contributed by atoms with Gasteiger partial charge in [0.1, 0.15) is 29.9 Å². The molecule has 0 aliphatic heterocycles. The second-order valence-corrected chi connectivity index (χ2v) is 8.16. The number of aliphatic carboxylic acids is 1. The number of aromatic hydroxyl groups is 1. The van der Waals surface area contributed by atoms with Gasteiger partial charge in [-0.3, -0.25) is 14.4 Å². The molecule has 6 atom stereocenters. The average molecular weight is 483 g/mol. The molecule has 190 valence electrons.